The zero-order valence-corrected chi connectivity index (χ0v) is 21.4. The molecule has 8 heteroatoms. The summed E-state index contributed by atoms with van der Waals surface area (Å²) in [6, 6.07) is 6.23. The van der Waals surface area contributed by atoms with Crippen LogP contribution >= 0.6 is 0 Å². The van der Waals surface area contributed by atoms with Crippen LogP contribution in [0.4, 0.5) is 11.4 Å². The van der Waals surface area contributed by atoms with Gasteiger partial charge in [0, 0.05) is 30.4 Å². The Balaban J connectivity index is 1.92. The standard InChI is InChI=1S/C27H39N3O5/c1-6-18-10-15-21-23(22(18)27(34)35-9-4)26(33)30(17(5)16-31)24(21)25(32)28-19-11-13-20(14-12-19)29(7-2)8-3/h10-15,17-18,21-24,31H,6-9,16H2,1-5H3,(H,28,32)/t17-,18-,21+,22-,23+,24+/m1/s1. The molecule has 1 heterocycles. The second-order valence-electron chi connectivity index (χ2n) is 9.27. The number of hydrogen-bond acceptors (Lipinski definition) is 6. The van der Waals surface area contributed by atoms with E-state index in [1.54, 1.807) is 13.8 Å². The molecule has 0 bridgehead atoms. The molecule has 0 aromatic heterocycles. The van der Waals surface area contributed by atoms with Crippen molar-refractivity contribution < 1.29 is 24.2 Å². The van der Waals surface area contributed by atoms with E-state index in [1.165, 1.54) is 4.90 Å². The van der Waals surface area contributed by atoms with Gasteiger partial charge >= 0.3 is 5.97 Å². The number of aliphatic hydroxyl groups is 1. The number of carbonyl (C=O) groups excluding carboxylic acids is 3. The molecule has 0 saturated carbocycles. The summed E-state index contributed by atoms with van der Waals surface area (Å²) in [7, 11) is 0. The second kappa shape index (κ2) is 11.7. The van der Waals surface area contributed by atoms with Gasteiger partial charge in [-0.1, -0.05) is 19.1 Å². The number of hydrogen-bond donors (Lipinski definition) is 2. The highest BCUT2D eigenvalue weighted by molar-refractivity contribution is 6.01. The number of benzene rings is 1. The third kappa shape index (κ3) is 5.22. The summed E-state index contributed by atoms with van der Waals surface area (Å²) >= 11 is 0. The highest BCUT2D eigenvalue weighted by atomic mass is 16.5. The minimum absolute atomic E-state index is 0.139. The van der Waals surface area contributed by atoms with Gasteiger partial charge in [-0.05, 0) is 64.3 Å². The van der Waals surface area contributed by atoms with Crippen LogP contribution in [0.3, 0.4) is 0 Å². The Morgan fingerprint density at radius 2 is 1.77 bits per heavy atom. The Bertz CT molecular complexity index is 927. The van der Waals surface area contributed by atoms with Gasteiger partial charge in [0.05, 0.1) is 31.1 Å². The van der Waals surface area contributed by atoms with Crippen LogP contribution in [-0.4, -0.2) is 66.2 Å². The van der Waals surface area contributed by atoms with Crippen molar-refractivity contribution in [1.82, 2.24) is 4.90 Å². The largest absolute Gasteiger partial charge is 0.466 e. The topological polar surface area (TPSA) is 99.2 Å². The summed E-state index contributed by atoms with van der Waals surface area (Å²) in [5.74, 6) is -2.99. The van der Waals surface area contributed by atoms with Gasteiger partial charge in [-0.3, -0.25) is 14.4 Å². The monoisotopic (exact) mass is 485 g/mol. The van der Waals surface area contributed by atoms with E-state index in [0.717, 1.165) is 18.8 Å². The van der Waals surface area contributed by atoms with Crippen molar-refractivity contribution in [2.24, 2.45) is 23.7 Å². The first-order valence-electron chi connectivity index (χ1n) is 12.8. The van der Waals surface area contributed by atoms with Crippen molar-refractivity contribution in [3.8, 4) is 0 Å². The molecule has 8 nitrogen and oxygen atoms in total. The normalized spacial score (nSPS) is 26.3. The average molecular weight is 486 g/mol. The molecule has 1 saturated heterocycles. The summed E-state index contributed by atoms with van der Waals surface area (Å²) in [5, 5.41) is 12.8. The maximum Gasteiger partial charge on any atom is 0.310 e. The molecule has 1 aliphatic heterocycles. The lowest BCUT2D eigenvalue weighted by Gasteiger charge is -2.33. The highest BCUT2D eigenvalue weighted by Gasteiger charge is 2.58. The van der Waals surface area contributed by atoms with Crippen LogP contribution in [0.15, 0.2) is 36.4 Å². The summed E-state index contributed by atoms with van der Waals surface area (Å²) in [4.78, 5) is 43.8. The first kappa shape index (κ1) is 26.7. The Morgan fingerprint density at radius 3 is 2.31 bits per heavy atom. The fourth-order valence-electron chi connectivity index (χ4n) is 5.52. The molecule has 1 aromatic carbocycles. The van der Waals surface area contributed by atoms with Crippen LogP contribution in [0.25, 0.3) is 0 Å². The molecule has 0 radical (unpaired) electrons. The highest BCUT2D eigenvalue weighted by Crippen LogP contribution is 2.46. The lowest BCUT2D eigenvalue weighted by molar-refractivity contribution is -0.156. The van der Waals surface area contributed by atoms with Crippen LogP contribution < -0.4 is 10.2 Å². The number of nitrogens with zero attached hydrogens (tertiary/aromatic N) is 2. The number of amides is 2. The fourth-order valence-corrected chi connectivity index (χ4v) is 5.52. The SMILES string of the molecule is CCOC(=O)[C@H]1[C@H]2C(=O)N([C@H](C)CO)[C@H](C(=O)Nc3ccc(N(CC)CC)cc3)[C@H]2C=C[C@H]1CC. The zero-order chi connectivity index (χ0) is 25.7. The van der Waals surface area contributed by atoms with Gasteiger partial charge in [-0.2, -0.15) is 0 Å². The van der Waals surface area contributed by atoms with Gasteiger partial charge in [0.15, 0.2) is 0 Å². The molecule has 2 amide bonds. The molecule has 2 aliphatic rings. The minimum atomic E-state index is -0.830. The molecule has 0 spiro atoms. The molecular weight excluding hydrogens is 446 g/mol. The van der Waals surface area contributed by atoms with Gasteiger partial charge in [0.2, 0.25) is 11.8 Å². The average Bonchev–Trinajstić information content (AvgIpc) is 3.17. The summed E-state index contributed by atoms with van der Waals surface area (Å²) in [5.41, 5.74) is 1.70. The Morgan fingerprint density at radius 1 is 1.11 bits per heavy atom. The number of allylic oxidation sites excluding steroid dienone is 1. The molecule has 1 aromatic rings. The number of ether oxygens (including phenoxy) is 1. The predicted octanol–water partition coefficient (Wildman–Crippen LogP) is 3.07. The molecular formula is C27H39N3O5. The first-order valence-corrected chi connectivity index (χ1v) is 12.8. The van der Waals surface area contributed by atoms with Crippen LogP contribution in [-0.2, 0) is 19.1 Å². The molecule has 2 N–H and O–H groups in total. The van der Waals surface area contributed by atoms with Crippen LogP contribution in [0, 0.1) is 23.7 Å². The summed E-state index contributed by atoms with van der Waals surface area (Å²) in [6.07, 6.45) is 4.54. The Kier molecular flexibility index (Phi) is 8.94. The molecule has 192 valence electrons. The lowest BCUT2D eigenvalue weighted by Crippen LogP contribution is -2.49. The number of aliphatic hydroxyl groups excluding tert-OH is 1. The fraction of sp³-hybridized carbons (Fsp3) is 0.593. The molecule has 6 atom stereocenters. The maximum atomic E-state index is 13.7. The van der Waals surface area contributed by atoms with Crippen molar-refractivity contribution in [2.45, 2.75) is 53.1 Å². The Hall–Kier alpha value is -2.87. The van der Waals surface area contributed by atoms with Gasteiger partial charge in [0.1, 0.15) is 6.04 Å². The third-order valence-corrected chi connectivity index (χ3v) is 7.35. The number of likely N-dealkylation sites (tertiary alicyclic amines) is 1. The van der Waals surface area contributed by atoms with E-state index in [1.807, 2.05) is 43.3 Å². The van der Waals surface area contributed by atoms with Gasteiger partial charge in [0.25, 0.3) is 0 Å². The van der Waals surface area contributed by atoms with E-state index in [9.17, 15) is 19.5 Å². The van der Waals surface area contributed by atoms with Crippen molar-refractivity contribution in [1.29, 1.82) is 0 Å². The zero-order valence-electron chi connectivity index (χ0n) is 21.4. The smallest absolute Gasteiger partial charge is 0.310 e. The van der Waals surface area contributed by atoms with E-state index >= 15 is 0 Å². The number of fused-ring (bicyclic) bond motifs is 1. The van der Waals surface area contributed by atoms with Crippen molar-refractivity contribution in [3.63, 3.8) is 0 Å². The number of rotatable bonds is 10. The van der Waals surface area contributed by atoms with Crippen LogP contribution in [0.1, 0.15) is 41.0 Å². The van der Waals surface area contributed by atoms with E-state index in [-0.39, 0.29) is 30.9 Å². The maximum absolute atomic E-state index is 13.7. The number of esters is 1. The Labute approximate surface area is 208 Å². The summed E-state index contributed by atoms with van der Waals surface area (Å²) < 4.78 is 5.33. The predicted molar refractivity (Wildman–Crippen MR) is 136 cm³/mol. The molecule has 3 rings (SSSR count). The molecule has 1 aliphatic carbocycles. The number of nitrogens with one attached hydrogen (secondary N) is 1. The van der Waals surface area contributed by atoms with Crippen LogP contribution in [0.5, 0.6) is 0 Å². The van der Waals surface area contributed by atoms with E-state index in [2.05, 4.69) is 24.1 Å². The van der Waals surface area contributed by atoms with Gasteiger partial charge in [-0.25, -0.2) is 0 Å². The van der Waals surface area contributed by atoms with Crippen molar-refractivity contribution in [3.05, 3.63) is 36.4 Å². The first-order chi connectivity index (χ1) is 16.8. The third-order valence-electron chi connectivity index (χ3n) is 7.35. The van der Waals surface area contributed by atoms with Gasteiger partial charge < -0.3 is 25.0 Å². The molecule has 1 fully saturated rings. The van der Waals surface area contributed by atoms with Crippen LogP contribution in [0.2, 0.25) is 0 Å². The van der Waals surface area contributed by atoms with Crippen molar-refractivity contribution >= 4 is 29.2 Å². The second-order valence-corrected chi connectivity index (χ2v) is 9.27. The van der Waals surface area contributed by atoms with Gasteiger partial charge in [-0.15, -0.1) is 0 Å². The number of anilines is 2. The summed E-state index contributed by atoms with van der Waals surface area (Å²) in [6.45, 7) is 11.3. The number of carbonyl (C=O) groups is 3. The van der Waals surface area contributed by atoms with E-state index in [4.69, 9.17) is 4.74 Å². The van der Waals surface area contributed by atoms with Crippen molar-refractivity contribution in [2.75, 3.05) is 36.5 Å². The quantitative estimate of drug-likeness (QED) is 0.390. The minimum Gasteiger partial charge on any atom is -0.466 e. The van der Waals surface area contributed by atoms with E-state index in [0.29, 0.717) is 12.1 Å². The van der Waals surface area contributed by atoms with E-state index < -0.39 is 35.8 Å². The lowest BCUT2D eigenvalue weighted by atomic mass is 9.69. The molecule has 35 heavy (non-hydrogen) atoms. The molecule has 0 unspecified atom stereocenters.